The first kappa shape index (κ1) is 25.6. The lowest BCUT2D eigenvalue weighted by atomic mass is 9.95. The zero-order chi connectivity index (χ0) is 26.2. The Hall–Kier alpha value is -3.49. The molecule has 0 aliphatic carbocycles. The number of aryl methyl sites for hydroxylation is 2. The molecule has 3 aromatic rings. The van der Waals surface area contributed by atoms with E-state index in [9.17, 15) is 18.0 Å². The highest BCUT2D eigenvalue weighted by molar-refractivity contribution is 7.89. The van der Waals surface area contributed by atoms with Crippen molar-refractivity contribution in [3.63, 3.8) is 0 Å². The number of sulfonamides is 1. The summed E-state index contributed by atoms with van der Waals surface area (Å²) >= 11 is 0. The number of carbonyl (C=O) groups excluding carboxylic acids is 2. The maximum absolute atomic E-state index is 14.2. The third-order valence-electron chi connectivity index (χ3n) is 6.95. The predicted molar refractivity (Wildman–Crippen MR) is 138 cm³/mol. The minimum absolute atomic E-state index is 0.101. The van der Waals surface area contributed by atoms with Gasteiger partial charge in [-0.25, -0.2) is 13.2 Å². The number of methoxy groups -OCH3 is 1. The van der Waals surface area contributed by atoms with Crippen molar-refractivity contribution in [2.24, 2.45) is 0 Å². The van der Waals surface area contributed by atoms with Crippen molar-refractivity contribution in [1.82, 2.24) is 4.31 Å². The van der Waals surface area contributed by atoms with Gasteiger partial charge >= 0.3 is 5.97 Å². The van der Waals surface area contributed by atoms with Gasteiger partial charge in [-0.05, 0) is 91.8 Å². The molecule has 3 aromatic carbocycles. The molecule has 0 unspecified atom stereocenters. The second kappa shape index (κ2) is 9.87. The highest BCUT2D eigenvalue weighted by Crippen LogP contribution is 2.34. The van der Waals surface area contributed by atoms with Crippen molar-refractivity contribution < 1.29 is 22.7 Å². The van der Waals surface area contributed by atoms with Crippen molar-refractivity contribution in [3.8, 4) is 0 Å². The van der Waals surface area contributed by atoms with Crippen LogP contribution < -0.4 is 5.32 Å². The van der Waals surface area contributed by atoms with Gasteiger partial charge < -0.3 is 10.1 Å². The molecule has 0 fully saturated rings. The number of nitrogens with zero attached hydrogens (tertiary/aromatic N) is 1. The van der Waals surface area contributed by atoms with Gasteiger partial charge in [-0.15, -0.1) is 0 Å². The summed E-state index contributed by atoms with van der Waals surface area (Å²) in [5.74, 6) is -0.910. The number of carbonyl (C=O) groups is 2. The Balaban J connectivity index is 1.74. The number of anilines is 1. The van der Waals surface area contributed by atoms with Crippen LogP contribution in [-0.2, 0) is 32.5 Å². The first-order chi connectivity index (χ1) is 17.0. The molecule has 0 saturated heterocycles. The zero-order valence-electron chi connectivity index (χ0n) is 21.1. The minimum Gasteiger partial charge on any atom is -0.465 e. The smallest absolute Gasteiger partial charge is 0.337 e. The van der Waals surface area contributed by atoms with Crippen LogP contribution >= 0.6 is 0 Å². The molecule has 188 valence electrons. The minimum atomic E-state index is -4.01. The van der Waals surface area contributed by atoms with E-state index in [0.717, 1.165) is 22.3 Å². The van der Waals surface area contributed by atoms with E-state index in [1.165, 1.54) is 11.4 Å². The van der Waals surface area contributed by atoms with E-state index in [4.69, 9.17) is 4.74 Å². The number of ether oxygens (including phenoxy) is 1. The van der Waals surface area contributed by atoms with Gasteiger partial charge in [0.15, 0.2) is 0 Å². The molecule has 0 bridgehead atoms. The molecule has 0 radical (unpaired) electrons. The van der Waals surface area contributed by atoms with E-state index in [0.29, 0.717) is 22.4 Å². The van der Waals surface area contributed by atoms with Gasteiger partial charge in [0.2, 0.25) is 15.9 Å². The molecule has 0 saturated carbocycles. The molecule has 0 spiro atoms. The summed E-state index contributed by atoms with van der Waals surface area (Å²) in [4.78, 5) is 25.5. The number of rotatable bonds is 5. The molecule has 0 aromatic heterocycles. The van der Waals surface area contributed by atoms with Crippen LogP contribution in [0.2, 0.25) is 0 Å². The van der Waals surface area contributed by atoms with Gasteiger partial charge in [0.05, 0.1) is 17.6 Å². The number of benzene rings is 3. The van der Waals surface area contributed by atoms with E-state index >= 15 is 0 Å². The second-order valence-corrected chi connectivity index (χ2v) is 11.0. The third-order valence-corrected chi connectivity index (χ3v) is 9.07. The van der Waals surface area contributed by atoms with Crippen LogP contribution in [0, 0.1) is 27.7 Å². The quantitative estimate of drug-likeness (QED) is 0.516. The van der Waals surface area contributed by atoms with Gasteiger partial charge in [0.1, 0.15) is 6.04 Å². The molecule has 1 heterocycles. The van der Waals surface area contributed by atoms with Crippen molar-refractivity contribution in [3.05, 3.63) is 93.5 Å². The van der Waals surface area contributed by atoms with E-state index in [2.05, 4.69) is 5.32 Å². The van der Waals surface area contributed by atoms with Gasteiger partial charge in [-0.3, -0.25) is 4.79 Å². The Morgan fingerprint density at radius 3 is 2.08 bits per heavy atom. The molecule has 7 nitrogen and oxygen atoms in total. The number of fused-ring (bicyclic) bond motifs is 1. The summed E-state index contributed by atoms with van der Waals surface area (Å²) in [6.07, 6.45) is 0.254. The topological polar surface area (TPSA) is 92.8 Å². The lowest BCUT2D eigenvalue weighted by molar-refractivity contribution is -0.120. The van der Waals surface area contributed by atoms with Crippen LogP contribution in [0.15, 0.2) is 59.5 Å². The molecule has 36 heavy (non-hydrogen) atoms. The van der Waals surface area contributed by atoms with Gasteiger partial charge in [-0.1, -0.05) is 30.3 Å². The Morgan fingerprint density at radius 2 is 1.50 bits per heavy atom. The number of nitrogens with one attached hydrogen (secondary N) is 1. The van der Waals surface area contributed by atoms with Crippen LogP contribution in [0.5, 0.6) is 0 Å². The average Bonchev–Trinajstić information content (AvgIpc) is 2.86. The molecule has 4 rings (SSSR count). The maximum atomic E-state index is 14.2. The molecular formula is C28H30N2O5S. The number of hydrogen-bond acceptors (Lipinski definition) is 5. The summed E-state index contributed by atoms with van der Waals surface area (Å²) in [6, 6.07) is 14.9. The van der Waals surface area contributed by atoms with Gasteiger partial charge in [-0.2, -0.15) is 4.31 Å². The fraction of sp³-hybridized carbons (Fsp3) is 0.286. The van der Waals surface area contributed by atoms with Crippen molar-refractivity contribution in [2.75, 3.05) is 12.4 Å². The standard InChI is InChI=1S/C28H30N2O5S/c1-17-14-18(2)20(4)26(19(17)3)36(33,34)30-16-23-9-7-6-8-22(23)15-25(30)27(31)29-24-12-10-21(11-13-24)28(32)35-5/h6-14,25H,15-16H2,1-5H3,(H,29,31)/t25-/m1/s1. The van der Waals surface area contributed by atoms with E-state index in [1.807, 2.05) is 58.0 Å². The van der Waals surface area contributed by atoms with Gasteiger partial charge in [0.25, 0.3) is 0 Å². The molecule has 1 N–H and O–H groups in total. The molecule has 1 atom stereocenters. The first-order valence-electron chi connectivity index (χ1n) is 11.7. The van der Waals surface area contributed by atoms with Crippen LogP contribution in [-0.4, -0.2) is 37.8 Å². The fourth-order valence-corrected chi connectivity index (χ4v) is 6.84. The fourth-order valence-electron chi connectivity index (χ4n) is 4.69. The van der Waals surface area contributed by atoms with E-state index in [-0.39, 0.29) is 17.9 Å². The maximum Gasteiger partial charge on any atom is 0.337 e. The van der Waals surface area contributed by atoms with E-state index < -0.39 is 27.9 Å². The Labute approximate surface area is 212 Å². The van der Waals surface area contributed by atoms with E-state index in [1.54, 1.807) is 24.3 Å². The third kappa shape index (κ3) is 4.66. The number of hydrogen-bond donors (Lipinski definition) is 1. The summed E-state index contributed by atoms with van der Waals surface area (Å²) in [5, 5.41) is 2.83. The molecule has 8 heteroatoms. The molecule has 1 aliphatic rings. The Kier molecular flexibility index (Phi) is 7.02. The monoisotopic (exact) mass is 506 g/mol. The average molecular weight is 507 g/mol. The predicted octanol–water partition coefficient (Wildman–Crippen LogP) is 4.46. The normalized spacial score (nSPS) is 15.8. The number of esters is 1. The van der Waals surface area contributed by atoms with Gasteiger partial charge in [0, 0.05) is 12.2 Å². The van der Waals surface area contributed by atoms with Crippen LogP contribution in [0.25, 0.3) is 0 Å². The molecule has 1 aliphatic heterocycles. The largest absolute Gasteiger partial charge is 0.465 e. The van der Waals surface area contributed by atoms with Crippen molar-refractivity contribution >= 4 is 27.6 Å². The SMILES string of the molecule is COC(=O)c1ccc(NC(=O)[C@H]2Cc3ccccc3CN2S(=O)(=O)c2c(C)c(C)cc(C)c2C)cc1. The van der Waals surface area contributed by atoms with Crippen LogP contribution in [0.4, 0.5) is 5.69 Å². The van der Waals surface area contributed by atoms with Crippen molar-refractivity contribution in [1.29, 1.82) is 0 Å². The summed E-state index contributed by atoms with van der Waals surface area (Å²) < 4.78 is 34.4. The van der Waals surface area contributed by atoms with Crippen LogP contribution in [0.1, 0.15) is 43.7 Å². The summed E-state index contributed by atoms with van der Waals surface area (Å²) in [6.45, 7) is 7.52. The number of amides is 1. The highest BCUT2D eigenvalue weighted by Gasteiger charge is 2.41. The lowest BCUT2D eigenvalue weighted by Gasteiger charge is -2.36. The molecule has 1 amide bonds. The highest BCUT2D eigenvalue weighted by atomic mass is 32.2. The second-order valence-electron chi connectivity index (χ2n) is 9.19. The summed E-state index contributed by atoms with van der Waals surface area (Å²) in [5.41, 5.74) is 5.80. The van der Waals surface area contributed by atoms with Crippen molar-refractivity contribution in [2.45, 2.75) is 51.6 Å². The zero-order valence-corrected chi connectivity index (χ0v) is 21.9. The van der Waals surface area contributed by atoms with Crippen LogP contribution in [0.3, 0.4) is 0 Å². The molecular weight excluding hydrogens is 476 g/mol. The summed E-state index contributed by atoms with van der Waals surface area (Å²) in [7, 11) is -2.71. The Bertz CT molecular complexity index is 1420. The first-order valence-corrected chi connectivity index (χ1v) is 13.1. The lowest BCUT2D eigenvalue weighted by Crippen LogP contribution is -2.50. The Morgan fingerprint density at radius 1 is 0.917 bits per heavy atom.